The number of fused-ring (bicyclic) bond motifs is 8. The molecule has 42 heavy (non-hydrogen) atoms. The van der Waals surface area contributed by atoms with Crippen molar-refractivity contribution in [3.8, 4) is 0 Å². The molecule has 0 atom stereocenters. The van der Waals surface area contributed by atoms with Crippen LogP contribution < -0.4 is 21.4 Å². The largest absolute Gasteiger partial charge is 0.353 e. The summed E-state index contributed by atoms with van der Waals surface area (Å²) in [6.45, 7) is 0. The average Bonchev–Trinajstić information content (AvgIpc) is 3.85. The molecule has 2 aromatic carbocycles. The van der Waals surface area contributed by atoms with Gasteiger partial charge in [0.25, 0.3) is 14.2 Å². The fourth-order valence-electron chi connectivity index (χ4n) is 5.51. The van der Waals surface area contributed by atoms with Gasteiger partial charge >= 0.3 is 0 Å². The maximum absolute atomic E-state index is 5.32. The second-order valence-corrected chi connectivity index (χ2v) is 9.87. The van der Waals surface area contributed by atoms with Crippen LogP contribution in [-0.2, 0) is 0 Å². The first kappa shape index (κ1) is 25.2. The van der Waals surface area contributed by atoms with Crippen LogP contribution in [0.4, 0.5) is 0 Å². The molecule has 1 aliphatic heterocycles. The molecule has 0 saturated heterocycles. The highest BCUT2D eigenvalue weighted by molar-refractivity contribution is 5.80. The average molecular weight is 553 g/mol. The maximum Gasteiger partial charge on any atom is 0.297 e. The van der Waals surface area contributed by atoms with Crippen molar-refractivity contribution in [2.24, 2.45) is 10.4 Å². The predicted octanol–water partition coefficient (Wildman–Crippen LogP) is 3.98. The fraction of sp³-hybridized carbons (Fsp3) is 0.0588. The Morgan fingerprint density at radius 1 is 0.405 bits per heavy atom. The molecule has 4 N–H and O–H groups in total. The van der Waals surface area contributed by atoms with Crippen molar-refractivity contribution in [3.05, 3.63) is 174 Å². The van der Waals surface area contributed by atoms with Crippen LogP contribution in [0.25, 0.3) is 22.5 Å². The van der Waals surface area contributed by atoms with Gasteiger partial charge in [-0.05, 0) is 59.7 Å². The van der Waals surface area contributed by atoms with Crippen LogP contribution in [0.2, 0.25) is 0 Å². The summed E-state index contributed by atoms with van der Waals surface area (Å²) < 4.78 is 10.6. The minimum absolute atomic E-state index is 0.663. The highest BCUT2D eigenvalue weighted by Crippen LogP contribution is 2.24. The second-order valence-electron chi connectivity index (χ2n) is 9.87. The summed E-state index contributed by atoms with van der Waals surface area (Å²) in [6.07, 6.45) is 0. The van der Waals surface area contributed by atoms with Crippen molar-refractivity contribution in [1.29, 1.82) is 0 Å². The van der Waals surface area contributed by atoms with Crippen molar-refractivity contribution in [1.82, 2.24) is 19.9 Å². The topological polar surface area (TPSA) is 110 Å². The normalized spacial score (nSPS) is 18.7. The van der Waals surface area contributed by atoms with Gasteiger partial charge in [0, 0.05) is 33.2 Å². The van der Waals surface area contributed by atoms with E-state index in [1.807, 2.05) is 60.7 Å². The zero-order valence-corrected chi connectivity index (χ0v) is 23.1. The van der Waals surface area contributed by atoms with E-state index in [2.05, 4.69) is 78.8 Å². The monoisotopic (exact) mass is 552 g/mol. The quantitative estimate of drug-likeness (QED) is 0.237. The summed E-state index contributed by atoms with van der Waals surface area (Å²) in [5.41, 5.74) is 8.94. The third-order valence-electron chi connectivity index (χ3n) is 7.33. The lowest BCUT2D eigenvalue weighted by Crippen LogP contribution is -2.18. The summed E-state index contributed by atoms with van der Waals surface area (Å²) in [6, 6.07) is 36.9. The van der Waals surface area contributed by atoms with Gasteiger partial charge in [-0.3, -0.25) is 0 Å². The number of rotatable bonds is 4. The smallest absolute Gasteiger partial charge is 0.297 e. The minimum atomic E-state index is 0.663. The Labute approximate surface area is 240 Å². The third kappa shape index (κ3) is 4.45. The first-order chi connectivity index (χ1) is 20.7. The number of nitrogens with one attached hydrogen (secondary N) is 4. The van der Waals surface area contributed by atoms with E-state index in [9.17, 15) is 0 Å². The van der Waals surface area contributed by atoms with E-state index in [-0.39, 0.29) is 0 Å². The van der Waals surface area contributed by atoms with Crippen molar-refractivity contribution in [2.75, 3.05) is 14.2 Å². The van der Waals surface area contributed by atoms with Crippen LogP contribution >= 0.6 is 0 Å². The van der Waals surface area contributed by atoms with Crippen LogP contribution in [0, 0.1) is 9.07 Å². The Morgan fingerprint density at radius 3 is 1.19 bits per heavy atom. The molecule has 0 aliphatic carbocycles. The molecule has 0 saturated carbocycles. The SMILES string of the molecule is C[O+]=N/C1=c2\cc/c([nH]2)=C(\c2ccccc2)c2ccc([nH]2)/C(N=[O+]C)=c2/cc/c([nH]2)=C(\c2ccccc2)c2ccc1[nH]2. The lowest BCUT2D eigenvalue weighted by atomic mass is 10.0. The van der Waals surface area contributed by atoms with Crippen molar-refractivity contribution >= 4 is 22.5 Å². The van der Waals surface area contributed by atoms with Crippen LogP contribution in [0.1, 0.15) is 33.9 Å². The standard InChI is InChI=1S/C34H28N6O2/c1-41-39-33-27-17-13-23(35-27)31(21-9-5-3-6-10-21)25-15-19-29(37-25)34(40-42-2)30-20-16-26(38-30)32(22-11-7-4-8-12-22)24-14-18-28(33)36-24/h3-20,35-38H,1-2H3/q+2/b31-23-,31-25?,32-24?,32-26-,33-27+,33-28?,34-29?,34-30+. The van der Waals surface area contributed by atoms with Gasteiger partial charge < -0.3 is 19.9 Å². The van der Waals surface area contributed by atoms with Gasteiger partial charge in [-0.15, -0.1) is 9.07 Å². The maximum atomic E-state index is 5.32. The number of aromatic amines is 4. The van der Waals surface area contributed by atoms with Crippen LogP contribution in [0.3, 0.4) is 0 Å². The van der Waals surface area contributed by atoms with E-state index in [0.29, 0.717) is 11.4 Å². The lowest BCUT2D eigenvalue weighted by Gasteiger charge is -2.06. The summed E-state index contributed by atoms with van der Waals surface area (Å²) in [7, 11) is 3.12. The number of hydrogen-bond donors (Lipinski definition) is 4. The minimum Gasteiger partial charge on any atom is -0.353 e. The Morgan fingerprint density at radius 2 is 0.786 bits per heavy atom. The number of nitrogens with zero attached hydrogens (tertiary/aromatic N) is 2. The highest BCUT2D eigenvalue weighted by Gasteiger charge is 2.19. The van der Waals surface area contributed by atoms with Crippen LogP contribution in [-0.4, -0.2) is 34.2 Å². The molecule has 4 aromatic heterocycles. The van der Waals surface area contributed by atoms with Gasteiger partial charge in [0.15, 0.2) is 10.4 Å². The number of nitroso groups, excluding NO2 is 2. The van der Waals surface area contributed by atoms with E-state index in [1.165, 1.54) is 0 Å². The molecular weight excluding hydrogens is 524 g/mol. The van der Waals surface area contributed by atoms with E-state index in [1.54, 1.807) is 14.2 Å². The first-order valence-electron chi connectivity index (χ1n) is 13.6. The molecule has 1 aliphatic rings. The fourth-order valence-corrected chi connectivity index (χ4v) is 5.51. The number of H-pyrrole nitrogens is 4. The van der Waals surface area contributed by atoms with Gasteiger partial charge in [-0.2, -0.15) is 0 Å². The van der Waals surface area contributed by atoms with Crippen molar-refractivity contribution < 1.29 is 0 Å². The first-order valence-corrected chi connectivity index (χ1v) is 13.6. The Bertz CT molecular complexity index is 2050. The molecular formula is C34H28N6O2+2. The molecule has 0 unspecified atom stereocenters. The van der Waals surface area contributed by atoms with Gasteiger partial charge in [-0.25, -0.2) is 0 Å². The van der Waals surface area contributed by atoms with Crippen molar-refractivity contribution in [3.63, 3.8) is 0 Å². The van der Waals surface area contributed by atoms with Crippen LogP contribution in [0.5, 0.6) is 0 Å². The molecule has 0 fully saturated rings. The number of hydrogen-bond acceptors (Lipinski definition) is 2. The molecule has 8 nitrogen and oxygen atoms in total. The zero-order valence-electron chi connectivity index (χ0n) is 23.1. The number of aromatic nitrogens is 4. The molecule has 8 bridgehead atoms. The van der Waals surface area contributed by atoms with Crippen molar-refractivity contribution in [2.45, 2.75) is 0 Å². The summed E-state index contributed by atoms with van der Waals surface area (Å²) in [5, 5.41) is 12.3. The molecule has 6 aromatic rings. The van der Waals surface area contributed by atoms with Gasteiger partial charge in [-0.1, -0.05) is 60.7 Å². The molecule has 5 heterocycles. The summed E-state index contributed by atoms with van der Waals surface area (Å²) in [5.74, 6) is 0. The molecule has 0 amide bonds. The van der Waals surface area contributed by atoms with Crippen LogP contribution in [0.15, 0.2) is 120 Å². The van der Waals surface area contributed by atoms with Gasteiger partial charge in [0.2, 0.25) is 11.4 Å². The Kier molecular flexibility index (Phi) is 6.41. The molecule has 0 radical (unpaired) electrons. The molecule has 0 spiro atoms. The predicted molar refractivity (Wildman–Crippen MR) is 166 cm³/mol. The van der Waals surface area contributed by atoms with E-state index in [4.69, 9.17) is 9.07 Å². The summed E-state index contributed by atoms with van der Waals surface area (Å²) >= 11 is 0. The zero-order chi connectivity index (χ0) is 28.5. The second kappa shape index (κ2) is 10.7. The Balaban J connectivity index is 1.63. The van der Waals surface area contributed by atoms with E-state index in [0.717, 1.165) is 66.4 Å². The van der Waals surface area contributed by atoms with Gasteiger partial charge in [0.05, 0.1) is 22.1 Å². The summed E-state index contributed by atoms with van der Waals surface area (Å²) in [4.78, 5) is 14.4. The molecule has 8 heteroatoms. The number of benzene rings is 2. The third-order valence-corrected chi connectivity index (χ3v) is 7.33. The van der Waals surface area contributed by atoms with E-state index < -0.39 is 0 Å². The highest BCUT2D eigenvalue weighted by atomic mass is 16.5. The van der Waals surface area contributed by atoms with E-state index >= 15 is 0 Å². The molecule has 7 rings (SSSR count). The molecule has 204 valence electrons. The lowest BCUT2D eigenvalue weighted by molar-refractivity contribution is 1.16. The Hall–Kier alpha value is -5.76. The van der Waals surface area contributed by atoms with Gasteiger partial charge in [0.1, 0.15) is 0 Å².